The number of aryl methyl sites for hydroxylation is 1. The molecule has 0 spiro atoms. The Labute approximate surface area is 454 Å². The van der Waals surface area contributed by atoms with Gasteiger partial charge in [0, 0.05) is 113 Å². The van der Waals surface area contributed by atoms with Crippen LogP contribution >= 0.6 is 11.3 Å². The molecule has 23 heteroatoms. The van der Waals surface area contributed by atoms with Gasteiger partial charge in [-0.2, -0.15) is 12.7 Å². The average Bonchev–Trinajstić information content (AvgIpc) is 4.30. The van der Waals surface area contributed by atoms with Crippen molar-refractivity contribution in [3.05, 3.63) is 119 Å². The number of β-amino-alcohol motifs (C(OH)–C–C–N with tert-alkyl or cyclic N) is 1. The van der Waals surface area contributed by atoms with E-state index in [2.05, 4.69) is 40.3 Å². The van der Waals surface area contributed by atoms with Crippen molar-refractivity contribution in [2.45, 2.75) is 77.5 Å². The third-order valence-electron chi connectivity index (χ3n) is 15.2. The summed E-state index contributed by atoms with van der Waals surface area (Å²) < 4.78 is 73.3. The van der Waals surface area contributed by atoms with Crippen LogP contribution in [0, 0.1) is 24.0 Å². The van der Waals surface area contributed by atoms with Crippen molar-refractivity contribution in [2.75, 3.05) is 75.1 Å². The minimum Gasteiger partial charge on any atom is -0.391 e. The van der Waals surface area contributed by atoms with Crippen molar-refractivity contribution < 1.29 is 45.9 Å². The van der Waals surface area contributed by atoms with E-state index in [1.165, 1.54) is 11.1 Å². The fourth-order valence-corrected chi connectivity index (χ4v) is 12.8. The number of halogens is 3. The topological polar surface area (TPSA) is 217 Å². The van der Waals surface area contributed by atoms with Crippen LogP contribution in [0.4, 0.5) is 24.5 Å². The Hall–Kier alpha value is -6.76. The molecule has 4 saturated heterocycles. The van der Waals surface area contributed by atoms with E-state index in [0.717, 1.165) is 75.6 Å². The number of nitrogens with one attached hydrogen (secondary N) is 4. The van der Waals surface area contributed by atoms with Gasteiger partial charge in [0.15, 0.2) is 5.82 Å². The van der Waals surface area contributed by atoms with E-state index < -0.39 is 81.1 Å². The number of carbonyl (C=O) groups is 4. The van der Waals surface area contributed by atoms with Crippen molar-refractivity contribution in [1.29, 1.82) is 0 Å². The number of amides is 3. The van der Waals surface area contributed by atoms with E-state index in [0.29, 0.717) is 29.7 Å². The second-order valence-corrected chi connectivity index (χ2v) is 24.2. The molecule has 10 rings (SSSR count). The Kier molecular flexibility index (Phi) is 15.5. The number of hydrogen-bond donors (Lipinski definition) is 5. The summed E-state index contributed by atoms with van der Waals surface area (Å²) >= 11 is 1.57. The monoisotopic (exact) mass is 1110 g/mol. The van der Waals surface area contributed by atoms with E-state index in [9.17, 15) is 37.1 Å². The number of aliphatic hydroxyl groups is 1. The fourth-order valence-electron chi connectivity index (χ4n) is 10.7. The summed E-state index contributed by atoms with van der Waals surface area (Å²) in [6.45, 7) is 11.9. The summed E-state index contributed by atoms with van der Waals surface area (Å²) in [6, 6.07) is 17.5. The molecule has 7 heterocycles. The number of aromatic nitrogens is 3. The van der Waals surface area contributed by atoms with Crippen LogP contribution in [-0.4, -0.2) is 167 Å². The highest BCUT2D eigenvalue weighted by molar-refractivity contribution is 7.90. The van der Waals surface area contributed by atoms with Gasteiger partial charge in [-0.3, -0.25) is 33.7 Å². The maximum absolute atomic E-state index is 15.8. The van der Waals surface area contributed by atoms with Gasteiger partial charge >= 0.3 is 10.2 Å². The molecule has 4 aliphatic heterocycles. The number of fused-ring (bicyclic) bond motifs is 1. The number of carbonyl (C=O) groups excluding carboxylic acids is 4. The molecule has 0 radical (unpaired) electrons. The van der Waals surface area contributed by atoms with Crippen LogP contribution in [0.2, 0.25) is 0 Å². The lowest BCUT2D eigenvalue weighted by atomic mass is 9.85. The number of hydrogen-bond acceptors (Lipinski definition) is 13. The van der Waals surface area contributed by atoms with Gasteiger partial charge < -0.3 is 30.5 Å². The lowest BCUT2D eigenvalue weighted by Gasteiger charge is -2.48. The summed E-state index contributed by atoms with van der Waals surface area (Å²) in [6.07, 6.45) is 0.770. The third-order valence-corrected chi connectivity index (χ3v) is 17.6. The first-order valence-electron chi connectivity index (χ1n) is 26.0. The lowest BCUT2D eigenvalue weighted by Crippen LogP contribution is -2.65. The Morgan fingerprint density at radius 2 is 1.62 bits per heavy atom. The molecule has 5 N–H and O–H groups in total. The molecular weight excluding hydrogens is 1050 g/mol. The summed E-state index contributed by atoms with van der Waals surface area (Å²) in [5.74, 6) is -4.68. The Morgan fingerprint density at radius 1 is 0.897 bits per heavy atom. The summed E-state index contributed by atoms with van der Waals surface area (Å²) in [4.78, 5) is 76.1. The fraction of sp³-hybridized carbons (Fsp3) is 0.418. The molecular formula is C55H62F3N11O7S2. The first kappa shape index (κ1) is 54.6. The smallest absolute Gasteiger partial charge is 0.301 e. The zero-order valence-corrected chi connectivity index (χ0v) is 45.3. The zero-order valence-electron chi connectivity index (χ0n) is 43.6. The molecule has 3 aromatic carbocycles. The molecule has 6 aromatic rings. The first-order chi connectivity index (χ1) is 37.2. The highest BCUT2D eigenvalue weighted by Gasteiger charge is 2.45. The second kappa shape index (κ2) is 22.2. The van der Waals surface area contributed by atoms with Gasteiger partial charge in [-0.1, -0.05) is 57.2 Å². The number of ketones is 1. The van der Waals surface area contributed by atoms with Crippen molar-refractivity contribution >= 4 is 67.5 Å². The molecule has 412 valence electrons. The second-order valence-electron chi connectivity index (χ2n) is 21.6. The summed E-state index contributed by atoms with van der Waals surface area (Å²) in [7, 11) is -4.38. The molecule has 3 amide bonds. The number of likely N-dealkylation sites (tertiary alicyclic amines) is 2. The number of piperazine rings is 1. The predicted molar refractivity (Wildman–Crippen MR) is 291 cm³/mol. The Morgan fingerprint density at radius 3 is 2.28 bits per heavy atom. The van der Waals surface area contributed by atoms with E-state index in [-0.39, 0.29) is 62.4 Å². The number of benzene rings is 3. The molecule has 0 bridgehead atoms. The van der Waals surface area contributed by atoms with E-state index in [1.807, 2.05) is 86.5 Å². The van der Waals surface area contributed by atoms with Gasteiger partial charge in [0.05, 0.1) is 40.0 Å². The quantitative estimate of drug-likeness (QED) is 0.0762. The Balaban J connectivity index is 0.698. The number of H-pyrrole nitrogens is 1. The number of aromatic amines is 1. The number of rotatable bonds is 16. The highest BCUT2D eigenvalue weighted by Crippen LogP contribution is 2.33. The number of nitrogens with zero attached hydrogens (tertiary/aromatic N) is 7. The maximum Gasteiger partial charge on any atom is 0.301 e. The summed E-state index contributed by atoms with van der Waals surface area (Å²) in [5.41, 5.74) is 5.08. The molecule has 3 aromatic heterocycles. The van der Waals surface area contributed by atoms with Crippen molar-refractivity contribution in [2.24, 2.45) is 5.41 Å². The van der Waals surface area contributed by atoms with Gasteiger partial charge in [0.25, 0.3) is 0 Å². The van der Waals surface area contributed by atoms with Crippen LogP contribution in [0.5, 0.6) is 0 Å². The van der Waals surface area contributed by atoms with Crippen LogP contribution < -0.4 is 20.3 Å². The number of aliphatic hydroxyl groups excluding tert-OH is 1. The van der Waals surface area contributed by atoms with Crippen molar-refractivity contribution in [3.63, 3.8) is 0 Å². The van der Waals surface area contributed by atoms with Gasteiger partial charge in [-0.15, -0.1) is 11.3 Å². The van der Waals surface area contributed by atoms with E-state index >= 15 is 8.78 Å². The molecule has 0 aliphatic carbocycles. The van der Waals surface area contributed by atoms with E-state index in [1.54, 1.807) is 23.6 Å². The highest BCUT2D eigenvalue weighted by atomic mass is 32.2. The molecule has 4 atom stereocenters. The standard InChI is InChI=1S/C55H62F3N11O7S2/c1-32-50(77-31-62-32)35-7-5-33(6-8-35)23-61-53(73)45-22-40(70)29-69(45)54(74)51(55(2,3)4)63-46(71)30-65-27-39(28-65)67-19-17-66(18-20-67)38-11-9-34(10-12-38)36-21-41-42(25-60-52(41)59-24-36)49(72)47-43(57)13-14-44(48(47)58)64-78(75,76)68-16-15-37(56)26-68/h5-14,21,24-25,31,37,39-40,45,51,64,70H,15-20,22-23,26-30H2,1-4H3,(H,59,60)(H,61,73)(H,63,71)/t37-,40-,45+,51-/m1/s1. The third kappa shape index (κ3) is 11.5. The van der Waals surface area contributed by atoms with Crippen molar-refractivity contribution in [1.82, 2.24) is 44.6 Å². The molecule has 0 saturated carbocycles. The number of thiazole rings is 1. The molecule has 18 nitrogen and oxygen atoms in total. The number of anilines is 2. The van der Waals surface area contributed by atoms with Gasteiger partial charge in [0.2, 0.25) is 23.5 Å². The normalized spacial score (nSPS) is 20.2. The van der Waals surface area contributed by atoms with Gasteiger partial charge in [-0.05, 0) is 65.8 Å². The van der Waals surface area contributed by atoms with Crippen LogP contribution in [0.25, 0.3) is 32.6 Å². The zero-order chi connectivity index (χ0) is 55.2. The minimum absolute atomic E-state index is 0.00890. The van der Waals surface area contributed by atoms with Gasteiger partial charge in [0.1, 0.15) is 29.7 Å². The number of alkyl halides is 1. The largest absolute Gasteiger partial charge is 0.391 e. The van der Waals surface area contributed by atoms with Crippen LogP contribution in [0.1, 0.15) is 60.8 Å². The van der Waals surface area contributed by atoms with Crippen LogP contribution in [0.3, 0.4) is 0 Å². The van der Waals surface area contributed by atoms with Crippen molar-refractivity contribution in [3.8, 4) is 21.6 Å². The molecule has 4 fully saturated rings. The SMILES string of the molecule is Cc1ncsc1-c1ccc(CNC(=O)[C@@H]2C[C@@H](O)CN2C(=O)[C@@H](NC(=O)CN2CC(N3CCN(c4ccc(-c5cnc6[nH]cc(C(=O)c7c(F)ccc(NS(=O)(=O)N8CC[C@@H](F)C8)c7F)c6c5)cc4)CC3)C2)C(C)(C)C)cc1. The number of pyridine rings is 1. The average molecular weight is 1110 g/mol. The summed E-state index contributed by atoms with van der Waals surface area (Å²) in [5, 5.41) is 16.9. The molecule has 78 heavy (non-hydrogen) atoms. The predicted octanol–water partition coefficient (Wildman–Crippen LogP) is 5.49. The minimum atomic E-state index is -4.38. The van der Waals surface area contributed by atoms with Crippen LogP contribution in [-0.2, 0) is 31.1 Å². The van der Waals surface area contributed by atoms with Gasteiger partial charge in [-0.25, -0.2) is 23.1 Å². The van der Waals surface area contributed by atoms with Crippen LogP contribution in [0.15, 0.2) is 84.6 Å². The molecule has 0 unspecified atom stereocenters. The lowest BCUT2D eigenvalue weighted by molar-refractivity contribution is -0.144. The maximum atomic E-state index is 15.8. The molecule has 4 aliphatic rings. The first-order valence-corrected chi connectivity index (χ1v) is 28.3. The Bertz CT molecular complexity index is 3340. The van der Waals surface area contributed by atoms with E-state index in [4.69, 9.17) is 0 Å².